The van der Waals surface area contributed by atoms with Crippen LogP contribution < -0.4 is 19.7 Å². The molecular formula is C23H28N2O4. The molecule has 0 radical (unpaired) electrons. The number of fused-ring (bicyclic) bond motifs is 1. The summed E-state index contributed by atoms with van der Waals surface area (Å²) in [4.78, 5) is 26.9. The Morgan fingerprint density at radius 3 is 2.55 bits per heavy atom. The SMILES string of the molecule is CNC(=O)[C@H]1CN(C(=O)[C@H](C)Oc2ccc(C(C)C)c(C)c2)c2ccccc2O1. The molecule has 6 nitrogen and oxygen atoms in total. The van der Waals surface area contributed by atoms with Crippen molar-refractivity contribution < 1.29 is 19.1 Å². The lowest BCUT2D eigenvalue weighted by Crippen LogP contribution is -2.52. The van der Waals surface area contributed by atoms with Gasteiger partial charge in [0.25, 0.3) is 11.8 Å². The van der Waals surface area contributed by atoms with E-state index in [1.165, 1.54) is 5.56 Å². The van der Waals surface area contributed by atoms with Gasteiger partial charge in [0, 0.05) is 7.05 Å². The minimum Gasteiger partial charge on any atom is -0.481 e. The summed E-state index contributed by atoms with van der Waals surface area (Å²) in [6.45, 7) is 8.19. The molecule has 3 rings (SSSR count). The zero-order valence-electron chi connectivity index (χ0n) is 17.6. The van der Waals surface area contributed by atoms with Gasteiger partial charge in [-0.25, -0.2) is 0 Å². The van der Waals surface area contributed by atoms with Gasteiger partial charge >= 0.3 is 0 Å². The molecule has 2 atom stereocenters. The Morgan fingerprint density at radius 2 is 1.90 bits per heavy atom. The van der Waals surface area contributed by atoms with Gasteiger partial charge in [-0.1, -0.05) is 32.0 Å². The van der Waals surface area contributed by atoms with Gasteiger partial charge in [0.2, 0.25) is 0 Å². The third-order valence-electron chi connectivity index (χ3n) is 5.10. The van der Waals surface area contributed by atoms with E-state index in [0.717, 1.165) is 5.56 Å². The number of para-hydroxylation sites is 2. The standard InChI is InChI=1S/C23H28N2O4/c1-14(2)18-11-10-17(12-15(18)3)28-16(4)23(27)25-13-21(22(26)24-5)29-20-9-7-6-8-19(20)25/h6-12,14,16,21H,13H2,1-5H3,(H,24,26)/t16-,21+/m0/s1. The van der Waals surface area contributed by atoms with E-state index in [-0.39, 0.29) is 18.4 Å². The molecule has 0 spiro atoms. The average molecular weight is 396 g/mol. The molecule has 2 aromatic rings. The van der Waals surface area contributed by atoms with Gasteiger partial charge in [0.05, 0.1) is 12.2 Å². The van der Waals surface area contributed by atoms with Crippen molar-refractivity contribution in [1.29, 1.82) is 0 Å². The Morgan fingerprint density at radius 1 is 1.17 bits per heavy atom. The maximum atomic E-state index is 13.2. The fourth-order valence-corrected chi connectivity index (χ4v) is 3.58. The van der Waals surface area contributed by atoms with Crippen LogP contribution in [-0.4, -0.2) is 37.6 Å². The lowest BCUT2D eigenvalue weighted by atomic mass is 9.98. The third-order valence-corrected chi connectivity index (χ3v) is 5.10. The minimum absolute atomic E-state index is 0.133. The summed E-state index contributed by atoms with van der Waals surface area (Å²) in [6.07, 6.45) is -1.48. The van der Waals surface area contributed by atoms with Gasteiger partial charge in [-0.2, -0.15) is 0 Å². The predicted molar refractivity (Wildman–Crippen MR) is 113 cm³/mol. The Kier molecular flexibility index (Phi) is 6.11. The van der Waals surface area contributed by atoms with Gasteiger partial charge in [-0.3, -0.25) is 9.59 Å². The predicted octanol–water partition coefficient (Wildman–Crippen LogP) is 3.43. The molecule has 1 aliphatic heterocycles. The monoisotopic (exact) mass is 396 g/mol. The van der Waals surface area contributed by atoms with Crippen LogP contribution in [-0.2, 0) is 9.59 Å². The van der Waals surface area contributed by atoms with E-state index >= 15 is 0 Å². The summed E-state index contributed by atoms with van der Waals surface area (Å²) in [5, 5.41) is 2.58. The number of carbonyl (C=O) groups is 2. The third kappa shape index (κ3) is 4.36. The molecule has 0 bridgehead atoms. The number of nitrogens with one attached hydrogen (secondary N) is 1. The van der Waals surface area contributed by atoms with Crippen molar-refractivity contribution in [3.63, 3.8) is 0 Å². The first kappa shape index (κ1) is 20.7. The number of nitrogens with zero attached hydrogens (tertiary/aromatic N) is 1. The van der Waals surface area contributed by atoms with Crippen LogP contribution in [0.15, 0.2) is 42.5 Å². The van der Waals surface area contributed by atoms with E-state index in [4.69, 9.17) is 9.47 Å². The van der Waals surface area contributed by atoms with Crippen LogP contribution >= 0.6 is 0 Å². The van der Waals surface area contributed by atoms with Crippen molar-refractivity contribution in [1.82, 2.24) is 5.32 Å². The molecule has 1 aliphatic rings. The summed E-state index contributed by atoms with van der Waals surface area (Å²) >= 11 is 0. The smallest absolute Gasteiger partial charge is 0.268 e. The van der Waals surface area contributed by atoms with Crippen LogP contribution in [0.3, 0.4) is 0 Å². The van der Waals surface area contributed by atoms with Gasteiger partial charge in [0.15, 0.2) is 12.2 Å². The summed E-state index contributed by atoms with van der Waals surface area (Å²) in [7, 11) is 1.55. The van der Waals surface area contributed by atoms with Gasteiger partial charge < -0.3 is 19.7 Å². The molecule has 154 valence electrons. The number of benzene rings is 2. The first-order valence-electron chi connectivity index (χ1n) is 9.87. The van der Waals surface area contributed by atoms with E-state index in [1.54, 1.807) is 24.9 Å². The highest BCUT2D eigenvalue weighted by Gasteiger charge is 2.35. The fourth-order valence-electron chi connectivity index (χ4n) is 3.58. The van der Waals surface area contributed by atoms with E-state index in [2.05, 4.69) is 19.2 Å². The zero-order chi connectivity index (χ0) is 21.1. The molecule has 0 fully saturated rings. The van der Waals surface area contributed by atoms with Crippen molar-refractivity contribution >= 4 is 17.5 Å². The van der Waals surface area contributed by atoms with Crippen LogP contribution in [0, 0.1) is 6.92 Å². The number of ether oxygens (including phenoxy) is 2. The second-order valence-electron chi connectivity index (χ2n) is 7.57. The number of amides is 2. The molecule has 1 N–H and O–H groups in total. The summed E-state index contributed by atoms with van der Waals surface area (Å²) in [5.74, 6) is 1.09. The highest BCUT2D eigenvalue weighted by molar-refractivity contribution is 5.99. The van der Waals surface area contributed by atoms with Crippen LogP contribution in [0.1, 0.15) is 37.8 Å². The number of aryl methyl sites for hydroxylation is 1. The van der Waals surface area contributed by atoms with E-state index in [0.29, 0.717) is 23.1 Å². The van der Waals surface area contributed by atoms with E-state index in [9.17, 15) is 9.59 Å². The second-order valence-corrected chi connectivity index (χ2v) is 7.57. The Labute approximate surface area is 171 Å². The molecule has 2 amide bonds. The van der Waals surface area contributed by atoms with Gasteiger partial charge in [0.1, 0.15) is 11.5 Å². The van der Waals surface area contributed by atoms with Crippen molar-refractivity contribution in [2.75, 3.05) is 18.5 Å². The number of hydrogen-bond acceptors (Lipinski definition) is 4. The highest BCUT2D eigenvalue weighted by atomic mass is 16.5. The number of carbonyl (C=O) groups excluding carboxylic acids is 2. The quantitative estimate of drug-likeness (QED) is 0.841. The average Bonchev–Trinajstić information content (AvgIpc) is 2.71. The van der Waals surface area contributed by atoms with Crippen molar-refractivity contribution in [2.45, 2.75) is 45.8 Å². The molecule has 6 heteroatoms. The second kappa shape index (κ2) is 8.55. The van der Waals surface area contributed by atoms with Crippen LogP contribution in [0.25, 0.3) is 0 Å². The fraction of sp³-hybridized carbons (Fsp3) is 0.391. The number of hydrogen-bond donors (Lipinski definition) is 1. The van der Waals surface area contributed by atoms with E-state index in [1.807, 2.05) is 43.3 Å². The normalized spacial score (nSPS) is 16.6. The molecule has 29 heavy (non-hydrogen) atoms. The number of anilines is 1. The molecular weight excluding hydrogens is 368 g/mol. The van der Waals surface area contributed by atoms with Crippen LogP contribution in [0.4, 0.5) is 5.69 Å². The Balaban J connectivity index is 1.81. The number of rotatable bonds is 5. The summed E-state index contributed by atoms with van der Waals surface area (Å²) in [6, 6.07) is 13.1. The van der Waals surface area contributed by atoms with Crippen molar-refractivity contribution in [3.8, 4) is 11.5 Å². The lowest BCUT2D eigenvalue weighted by Gasteiger charge is -2.35. The largest absolute Gasteiger partial charge is 0.481 e. The summed E-state index contributed by atoms with van der Waals surface area (Å²) < 4.78 is 11.7. The summed E-state index contributed by atoms with van der Waals surface area (Å²) in [5.41, 5.74) is 3.03. The molecule has 0 saturated heterocycles. The Bertz CT molecular complexity index is 910. The molecule has 0 aliphatic carbocycles. The van der Waals surface area contributed by atoms with Gasteiger partial charge in [-0.15, -0.1) is 0 Å². The first-order valence-corrected chi connectivity index (χ1v) is 9.87. The molecule has 1 heterocycles. The Hall–Kier alpha value is -3.02. The molecule has 0 saturated carbocycles. The van der Waals surface area contributed by atoms with Gasteiger partial charge in [-0.05, 0) is 55.2 Å². The minimum atomic E-state index is -0.765. The van der Waals surface area contributed by atoms with Crippen molar-refractivity contribution in [3.05, 3.63) is 53.6 Å². The van der Waals surface area contributed by atoms with Crippen molar-refractivity contribution in [2.24, 2.45) is 0 Å². The number of likely N-dealkylation sites (N-methyl/N-ethyl adjacent to an activating group) is 1. The topological polar surface area (TPSA) is 67.9 Å². The molecule has 2 aromatic carbocycles. The maximum absolute atomic E-state index is 13.2. The van der Waals surface area contributed by atoms with Crippen LogP contribution in [0.2, 0.25) is 0 Å². The lowest BCUT2D eigenvalue weighted by molar-refractivity contribution is -0.129. The highest BCUT2D eigenvalue weighted by Crippen LogP contribution is 2.34. The molecule has 0 aromatic heterocycles. The van der Waals surface area contributed by atoms with E-state index < -0.39 is 12.2 Å². The van der Waals surface area contributed by atoms with Crippen LogP contribution in [0.5, 0.6) is 11.5 Å². The maximum Gasteiger partial charge on any atom is 0.268 e. The first-order chi connectivity index (χ1) is 13.8. The zero-order valence-corrected chi connectivity index (χ0v) is 17.6. The molecule has 0 unspecified atom stereocenters.